The van der Waals surface area contributed by atoms with Crippen LogP contribution >= 0.6 is 0 Å². The van der Waals surface area contributed by atoms with Crippen molar-refractivity contribution in [1.29, 1.82) is 0 Å². The van der Waals surface area contributed by atoms with E-state index in [4.69, 9.17) is 9.47 Å². The van der Waals surface area contributed by atoms with Crippen molar-refractivity contribution < 1.29 is 13.9 Å². The van der Waals surface area contributed by atoms with Crippen molar-refractivity contribution in [2.75, 3.05) is 13.2 Å². The molecule has 28 heavy (non-hydrogen) atoms. The molecule has 0 amide bonds. The summed E-state index contributed by atoms with van der Waals surface area (Å²) < 4.78 is 26.0. The predicted molar refractivity (Wildman–Crippen MR) is 108 cm³/mol. The lowest BCUT2D eigenvalue weighted by atomic mass is 10.0. The molecule has 0 saturated carbocycles. The molecule has 1 aromatic heterocycles. The molecule has 0 atom stereocenters. The third-order valence-electron chi connectivity index (χ3n) is 5.23. The van der Waals surface area contributed by atoms with Gasteiger partial charge in [0.25, 0.3) is 0 Å². The molecule has 0 N–H and O–H groups in total. The highest BCUT2D eigenvalue weighted by atomic mass is 19.1. The fourth-order valence-electron chi connectivity index (χ4n) is 3.43. The Kier molecular flexibility index (Phi) is 7.92. The van der Waals surface area contributed by atoms with Crippen LogP contribution in [0.2, 0.25) is 0 Å². The minimum atomic E-state index is -0.421. The number of hydrogen-bond acceptors (Lipinski definition) is 4. The van der Waals surface area contributed by atoms with Crippen LogP contribution in [0.25, 0.3) is 11.4 Å². The van der Waals surface area contributed by atoms with Gasteiger partial charge in [-0.05, 0) is 19.3 Å². The van der Waals surface area contributed by atoms with E-state index < -0.39 is 5.95 Å². The number of halogens is 1. The lowest BCUT2D eigenvalue weighted by Crippen LogP contribution is -2.27. The summed E-state index contributed by atoms with van der Waals surface area (Å²) in [5.74, 6) is 0.478. The van der Waals surface area contributed by atoms with Crippen LogP contribution in [0.5, 0.6) is 0 Å². The van der Waals surface area contributed by atoms with Crippen molar-refractivity contribution >= 4 is 0 Å². The topological polar surface area (TPSA) is 44.2 Å². The standard InChI is InChI=1S/C23H31FN2O2/c1-3-5-7-8-17-15-27-23(28-16-17)19-12-10-18(11-13-19)22-25-14-20(9-6-4-2)21(24)26-22/h10-14,17,23H,3-9,15-16H2,1-2H3. The Morgan fingerprint density at radius 3 is 2.36 bits per heavy atom. The number of benzene rings is 1. The Hall–Kier alpha value is -1.85. The van der Waals surface area contributed by atoms with Crippen molar-refractivity contribution in [2.24, 2.45) is 5.92 Å². The van der Waals surface area contributed by atoms with Gasteiger partial charge in [0, 0.05) is 28.8 Å². The zero-order valence-electron chi connectivity index (χ0n) is 17.0. The molecule has 4 nitrogen and oxygen atoms in total. The highest BCUT2D eigenvalue weighted by Crippen LogP contribution is 2.28. The van der Waals surface area contributed by atoms with Gasteiger partial charge in [0.15, 0.2) is 12.1 Å². The maximum absolute atomic E-state index is 14.2. The summed E-state index contributed by atoms with van der Waals surface area (Å²) in [4.78, 5) is 8.38. The molecule has 5 heteroatoms. The van der Waals surface area contributed by atoms with Gasteiger partial charge < -0.3 is 9.47 Å². The first-order valence-corrected chi connectivity index (χ1v) is 10.6. The third kappa shape index (κ3) is 5.58. The molecular weight excluding hydrogens is 355 g/mol. The van der Waals surface area contributed by atoms with Crippen LogP contribution in [0, 0.1) is 11.9 Å². The van der Waals surface area contributed by atoms with E-state index in [1.807, 2.05) is 24.3 Å². The largest absolute Gasteiger partial charge is 0.348 e. The maximum Gasteiger partial charge on any atom is 0.219 e. The second-order valence-electron chi connectivity index (χ2n) is 7.60. The number of hydrogen-bond donors (Lipinski definition) is 0. The maximum atomic E-state index is 14.2. The van der Waals surface area contributed by atoms with Crippen LogP contribution in [-0.2, 0) is 15.9 Å². The lowest BCUT2D eigenvalue weighted by molar-refractivity contribution is -0.206. The molecule has 0 spiro atoms. The molecule has 0 unspecified atom stereocenters. The Bertz CT molecular complexity index is 728. The van der Waals surface area contributed by atoms with Gasteiger partial charge in [-0.2, -0.15) is 9.37 Å². The van der Waals surface area contributed by atoms with Crippen LogP contribution in [0.15, 0.2) is 30.5 Å². The van der Waals surface area contributed by atoms with Crippen molar-refractivity contribution in [1.82, 2.24) is 9.97 Å². The molecule has 2 heterocycles. The normalized spacial score (nSPS) is 19.7. The molecule has 1 saturated heterocycles. The molecule has 0 radical (unpaired) electrons. The summed E-state index contributed by atoms with van der Waals surface area (Å²) in [6, 6.07) is 7.69. The van der Waals surface area contributed by atoms with Crippen molar-refractivity contribution in [2.45, 2.75) is 65.1 Å². The summed E-state index contributed by atoms with van der Waals surface area (Å²) in [6.07, 6.45) is 8.82. The van der Waals surface area contributed by atoms with Gasteiger partial charge in [-0.3, -0.25) is 0 Å². The Balaban J connectivity index is 1.57. The molecule has 1 aliphatic heterocycles. The van der Waals surface area contributed by atoms with E-state index >= 15 is 0 Å². The van der Waals surface area contributed by atoms with Gasteiger partial charge in [0.05, 0.1) is 13.2 Å². The summed E-state index contributed by atoms with van der Waals surface area (Å²) in [6.45, 7) is 5.78. The van der Waals surface area contributed by atoms with E-state index in [1.54, 1.807) is 6.20 Å². The van der Waals surface area contributed by atoms with Gasteiger partial charge in [0.2, 0.25) is 5.95 Å². The molecule has 152 valence electrons. The molecule has 1 aromatic carbocycles. The average Bonchev–Trinajstić information content (AvgIpc) is 2.74. The van der Waals surface area contributed by atoms with E-state index in [2.05, 4.69) is 23.8 Å². The summed E-state index contributed by atoms with van der Waals surface area (Å²) in [5.41, 5.74) is 2.34. The Morgan fingerprint density at radius 1 is 1.00 bits per heavy atom. The molecule has 0 aliphatic carbocycles. The molecule has 1 fully saturated rings. The predicted octanol–water partition coefficient (Wildman–Crippen LogP) is 5.87. The van der Waals surface area contributed by atoms with Gasteiger partial charge in [-0.25, -0.2) is 4.98 Å². The van der Waals surface area contributed by atoms with Gasteiger partial charge in [-0.15, -0.1) is 0 Å². The van der Waals surface area contributed by atoms with Crippen LogP contribution in [0.4, 0.5) is 4.39 Å². The highest BCUT2D eigenvalue weighted by Gasteiger charge is 2.23. The number of aryl methyl sites for hydroxylation is 1. The second-order valence-corrected chi connectivity index (χ2v) is 7.60. The van der Waals surface area contributed by atoms with E-state index in [0.717, 1.165) is 43.6 Å². The SMILES string of the molecule is CCCCCC1COC(c2ccc(-c3ncc(CCCC)c(F)n3)cc2)OC1. The van der Waals surface area contributed by atoms with Gasteiger partial charge >= 0.3 is 0 Å². The number of ether oxygens (including phenoxy) is 2. The zero-order valence-corrected chi connectivity index (χ0v) is 17.0. The van der Waals surface area contributed by atoms with Crippen molar-refractivity contribution in [3.05, 3.63) is 47.5 Å². The number of unbranched alkanes of at least 4 members (excludes halogenated alkanes) is 3. The quantitative estimate of drug-likeness (QED) is 0.399. The first-order valence-electron chi connectivity index (χ1n) is 10.6. The molecule has 3 rings (SSSR count). The van der Waals surface area contributed by atoms with E-state index in [1.165, 1.54) is 19.3 Å². The minimum Gasteiger partial charge on any atom is -0.348 e. The van der Waals surface area contributed by atoms with E-state index in [9.17, 15) is 4.39 Å². The van der Waals surface area contributed by atoms with Gasteiger partial charge in [0.1, 0.15) is 0 Å². The van der Waals surface area contributed by atoms with E-state index in [-0.39, 0.29) is 6.29 Å². The second kappa shape index (κ2) is 10.6. The summed E-state index contributed by atoms with van der Waals surface area (Å²) >= 11 is 0. The molecule has 2 aromatic rings. The lowest BCUT2D eigenvalue weighted by Gasteiger charge is -2.29. The van der Waals surface area contributed by atoms with Crippen molar-refractivity contribution in [3.8, 4) is 11.4 Å². The van der Waals surface area contributed by atoms with Crippen molar-refractivity contribution in [3.63, 3.8) is 0 Å². The average molecular weight is 387 g/mol. The smallest absolute Gasteiger partial charge is 0.219 e. The van der Waals surface area contributed by atoms with Crippen LogP contribution in [-0.4, -0.2) is 23.2 Å². The Labute approximate surface area is 167 Å². The number of aromatic nitrogens is 2. The van der Waals surface area contributed by atoms with Crippen LogP contribution < -0.4 is 0 Å². The zero-order chi connectivity index (χ0) is 19.8. The minimum absolute atomic E-state index is 0.328. The summed E-state index contributed by atoms with van der Waals surface area (Å²) in [7, 11) is 0. The third-order valence-corrected chi connectivity index (χ3v) is 5.23. The Morgan fingerprint density at radius 2 is 1.71 bits per heavy atom. The fraction of sp³-hybridized carbons (Fsp3) is 0.565. The van der Waals surface area contributed by atoms with Crippen LogP contribution in [0.1, 0.15) is 69.8 Å². The number of nitrogens with zero attached hydrogens (tertiary/aromatic N) is 2. The number of rotatable bonds is 9. The molecule has 1 aliphatic rings. The first-order chi connectivity index (χ1) is 13.7. The molecule has 0 bridgehead atoms. The summed E-state index contributed by atoms with van der Waals surface area (Å²) in [5, 5.41) is 0. The highest BCUT2D eigenvalue weighted by molar-refractivity contribution is 5.55. The first kappa shape index (κ1) is 20.9. The van der Waals surface area contributed by atoms with Gasteiger partial charge in [-0.1, -0.05) is 63.8 Å². The van der Waals surface area contributed by atoms with E-state index in [0.29, 0.717) is 23.7 Å². The molecular formula is C23H31FN2O2. The van der Waals surface area contributed by atoms with Crippen LogP contribution in [0.3, 0.4) is 0 Å². The fourth-order valence-corrected chi connectivity index (χ4v) is 3.43. The monoisotopic (exact) mass is 386 g/mol.